The first-order valence-corrected chi connectivity index (χ1v) is 9.52. The Morgan fingerprint density at radius 3 is 2.57 bits per heavy atom. The molecule has 0 bridgehead atoms. The number of nitrogens with zero attached hydrogens (tertiary/aromatic N) is 1. The Balaban J connectivity index is 1.67. The Kier molecular flexibility index (Phi) is 6.81. The molecule has 0 aliphatic rings. The maximum Gasteiger partial charge on any atom is 0.338 e. The molecule has 3 N–H and O–H groups in total. The first-order chi connectivity index (χ1) is 14.3. The highest BCUT2D eigenvalue weighted by Crippen LogP contribution is 2.19. The third kappa shape index (κ3) is 5.02. The van der Waals surface area contributed by atoms with Gasteiger partial charge in [-0.25, -0.2) is 13.6 Å². The Hall–Kier alpha value is -2.81. The lowest BCUT2D eigenvalue weighted by Crippen LogP contribution is -2.49. The van der Waals surface area contributed by atoms with Gasteiger partial charge >= 0.3 is 5.97 Å². The average molecular weight is 418 g/mol. The van der Waals surface area contributed by atoms with Gasteiger partial charge in [0.25, 0.3) is 0 Å². The standard InChI is InChI=1S/C22H24F2N2O4/c1-22(13-27,14-28)25-7-9-26-8-6-16-3-4-17(11-20(16)26)21(29)30-12-15-2-5-18(23)19(24)10-15/h2-6,8,10-11,25,27-28H,7,9,12-14H2,1H3. The highest BCUT2D eigenvalue weighted by Gasteiger charge is 2.21. The summed E-state index contributed by atoms with van der Waals surface area (Å²) in [4.78, 5) is 12.4. The van der Waals surface area contributed by atoms with Gasteiger partial charge in [-0.05, 0) is 48.2 Å². The number of nitrogens with one attached hydrogen (secondary N) is 1. The average Bonchev–Trinajstić information content (AvgIpc) is 3.16. The van der Waals surface area contributed by atoms with Crippen LogP contribution in [0.1, 0.15) is 22.8 Å². The molecule has 0 fully saturated rings. The van der Waals surface area contributed by atoms with Gasteiger partial charge in [-0.3, -0.25) is 0 Å². The van der Waals surface area contributed by atoms with Crippen LogP contribution < -0.4 is 5.32 Å². The van der Waals surface area contributed by atoms with Gasteiger partial charge in [0.1, 0.15) is 6.61 Å². The van der Waals surface area contributed by atoms with Gasteiger partial charge < -0.3 is 24.8 Å². The number of aliphatic hydroxyl groups is 2. The van der Waals surface area contributed by atoms with Crippen LogP contribution in [0.25, 0.3) is 10.9 Å². The van der Waals surface area contributed by atoms with E-state index >= 15 is 0 Å². The Morgan fingerprint density at radius 2 is 1.87 bits per heavy atom. The van der Waals surface area contributed by atoms with E-state index in [1.807, 2.05) is 16.8 Å². The third-order valence-electron chi connectivity index (χ3n) is 4.97. The van der Waals surface area contributed by atoms with E-state index in [9.17, 15) is 23.8 Å². The number of aliphatic hydroxyl groups excluding tert-OH is 2. The molecule has 0 radical (unpaired) electrons. The highest BCUT2D eigenvalue weighted by molar-refractivity contribution is 5.94. The number of esters is 1. The van der Waals surface area contributed by atoms with Gasteiger partial charge in [0, 0.05) is 24.8 Å². The monoisotopic (exact) mass is 418 g/mol. The number of hydrogen-bond acceptors (Lipinski definition) is 5. The summed E-state index contributed by atoms with van der Waals surface area (Å²) >= 11 is 0. The molecule has 0 aliphatic heterocycles. The fourth-order valence-electron chi connectivity index (χ4n) is 3.01. The second-order valence-corrected chi connectivity index (χ2v) is 7.41. The van der Waals surface area contributed by atoms with E-state index < -0.39 is 23.1 Å². The van der Waals surface area contributed by atoms with Crippen LogP contribution in [0.15, 0.2) is 48.7 Å². The number of benzene rings is 2. The summed E-state index contributed by atoms with van der Waals surface area (Å²) in [6.07, 6.45) is 1.89. The molecule has 1 heterocycles. The van der Waals surface area contributed by atoms with Crippen molar-refractivity contribution >= 4 is 16.9 Å². The number of carbonyl (C=O) groups excluding carboxylic acids is 1. The van der Waals surface area contributed by atoms with Crippen LogP contribution in [-0.2, 0) is 17.9 Å². The summed E-state index contributed by atoms with van der Waals surface area (Å²) in [5.74, 6) is -2.51. The predicted molar refractivity (Wildman–Crippen MR) is 108 cm³/mol. The lowest BCUT2D eigenvalue weighted by molar-refractivity contribution is 0.0472. The molecule has 1 aromatic heterocycles. The summed E-state index contributed by atoms with van der Waals surface area (Å²) in [5, 5.41) is 22.8. The second-order valence-electron chi connectivity index (χ2n) is 7.41. The van der Waals surface area contributed by atoms with Crippen LogP contribution in [0.5, 0.6) is 0 Å². The zero-order chi connectivity index (χ0) is 21.7. The van der Waals surface area contributed by atoms with Crippen molar-refractivity contribution in [1.82, 2.24) is 9.88 Å². The molecular weight excluding hydrogens is 394 g/mol. The van der Waals surface area contributed by atoms with E-state index in [-0.39, 0.29) is 19.8 Å². The molecular formula is C22H24F2N2O4. The molecule has 0 saturated heterocycles. The van der Waals surface area contributed by atoms with Crippen LogP contribution in [0, 0.1) is 11.6 Å². The molecule has 2 aromatic carbocycles. The summed E-state index contributed by atoms with van der Waals surface area (Å²) in [7, 11) is 0. The van der Waals surface area contributed by atoms with Crippen molar-refractivity contribution in [2.45, 2.75) is 25.6 Å². The van der Waals surface area contributed by atoms with Crippen LogP contribution in [-0.4, -0.2) is 46.0 Å². The van der Waals surface area contributed by atoms with E-state index in [1.54, 1.807) is 25.1 Å². The molecule has 0 saturated carbocycles. The second kappa shape index (κ2) is 9.34. The summed E-state index contributed by atoms with van der Waals surface area (Å²) < 4.78 is 33.4. The molecule has 0 aliphatic carbocycles. The first-order valence-electron chi connectivity index (χ1n) is 9.52. The smallest absolute Gasteiger partial charge is 0.338 e. The normalized spacial score (nSPS) is 11.8. The molecule has 0 atom stereocenters. The molecule has 3 rings (SSSR count). The molecule has 0 amide bonds. The Labute approximate surface area is 172 Å². The summed E-state index contributed by atoms with van der Waals surface area (Å²) in [6.45, 7) is 2.24. The van der Waals surface area contributed by atoms with Crippen molar-refractivity contribution in [3.63, 3.8) is 0 Å². The zero-order valence-electron chi connectivity index (χ0n) is 16.6. The maximum absolute atomic E-state index is 13.3. The van der Waals surface area contributed by atoms with Gasteiger partial charge in [-0.15, -0.1) is 0 Å². The van der Waals surface area contributed by atoms with Crippen molar-refractivity contribution in [3.8, 4) is 0 Å². The van der Waals surface area contributed by atoms with Gasteiger partial charge in [0.05, 0.1) is 24.3 Å². The highest BCUT2D eigenvalue weighted by atomic mass is 19.2. The van der Waals surface area contributed by atoms with Crippen molar-refractivity contribution in [3.05, 3.63) is 71.4 Å². The number of hydrogen-bond donors (Lipinski definition) is 3. The van der Waals surface area contributed by atoms with E-state index in [0.29, 0.717) is 24.2 Å². The van der Waals surface area contributed by atoms with Crippen molar-refractivity contribution < 1.29 is 28.5 Å². The topological polar surface area (TPSA) is 83.7 Å². The first kappa shape index (κ1) is 21.9. The molecule has 0 unspecified atom stereocenters. The fraction of sp³-hybridized carbons (Fsp3) is 0.318. The number of fused-ring (bicyclic) bond motifs is 1. The lowest BCUT2D eigenvalue weighted by atomic mass is 10.1. The molecule has 8 heteroatoms. The number of carbonyl (C=O) groups is 1. The van der Waals surface area contributed by atoms with Crippen LogP contribution >= 0.6 is 0 Å². The van der Waals surface area contributed by atoms with Crippen LogP contribution in [0.3, 0.4) is 0 Å². The third-order valence-corrected chi connectivity index (χ3v) is 4.97. The fourth-order valence-corrected chi connectivity index (χ4v) is 3.01. The Morgan fingerprint density at radius 1 is 1.10 bits per heavy atom. The van der Waals surface area contributed by atoms with Crippen molar-refractivity contribution in [1.29, 1.82) is 0 Å². The van der Waals surface area contributed by atoms with Gasteiger partial charge in [-0.1, -0.05) is 12.1 Å². The number of halogens is 2. The number of ether oxygens (including phenoxy) is 1. The predicted octanol–water partition coefficient (Wildman–Crippen LogP) is 2.61. The minimum absolute atomic E-state index is 0.167. The van der Waals surface area contributed by atoms with E-state index in [0.717, 1.165) is 23.0 Å². The molecule has 160 valence electrons. The minimum atomic E-state index is -0.991. The molecule has 0 spiro atoms. The van der Waals surface area contributed by atoms with Crippen molar-refractivity contribution in [2.24, 2.45) is 0 Å². The zero-order valence-corrected chi connectivity index (χ0v) is 16.6. The molecule has 6 nitrogen and oxygen atoms in total. The number of aromatic nitrogens is 1. The van der Waals surface area contributed by atoms with E-state index in [1.165, 1.54) is 6.07 Å². The maximum atomic E-state index is 13.3. The van der Waals surface area contributed by atoms with Gasteiger partial charge in [-0.2, -0.15) is 0 Å². The lowest BCUT2D eigenvalue weighted by Gasteiger charge is -2.26. The SMILES string of the molecule is CC(CO)(CO)NCCn1ccc2ccc(C(=O)OCc3ccc(F)c(F)c3)cc21. The number of rotatable bonds is 9. The molecule has 3 aromatic rings. The summed E-state index contributed by atoms with van der Waals surface area (Å²) in [5.41, 5.74) is 0.758. The minimum Gasteiger partial charge on any atom is -0.457 e. The van der Waals surface area contributed by atoms with Gasteiger partial charge in [0.15, 0.2) is 11.6 Å². The van der Waals surface area contributed by atoms with E-state index in [4.69, 9.17) is 4.74 Å². The van der Waals surface area contributed by atoms with Crippen molar-refractivity contribution in [2.75, 3.05) is 19.8 Å². The van der Waals surface area contributed by atoms with E-state index in [2.05, 4.69) is 5.32 Å². The van der Waals surface area contributed by atoms with Crippen LogP contribution in [0.2, 0.25) is 0 Å². The molecule has 30 heavy (non-hydrogen) atoms. The Bertz CT molecular complexity index is 1030. The summed E-state index contributed by atoms with van der Waals surface area (Å²) in [6, 6.07) is 10.4. The largest absolute Gasteiger partial charge is 0.457 e. The quantitative estimate of drug-likeness (QED) is 0.466. The van der Waals surface area contributed by atoms with Crippen LogP contribution in [0.4, 0.5) is 8.78 Å². The van der Waals surface area contributed by atoms with Gasteiger partial charge in [0.2, 0.25) is 0 Å².